The molecule has 0 unspecified atom stereocenters. The van der Waals surface area contributed by atoms with Gasteiger partial charge < -0.3 is 10.2 Å². The SMILES string of the molecule is C=C(c1ccc(Br)cc1)c1ccc(N(C)C)cc1.CCNc1ccc(C)c2c1C(=O)N(C)C2=O. The standard InChI is InChI=1S/C16H16BrN.C12H14N2O2/c1-12(13-4-8-15(17)9-5-13)14-6-10-16(11-7-14)18(2)3;1-4-13-8-6-5-7(2)9-10(8)12(16)14(3)11(9)15/h4-11H,1H2,2-3H3;5-6,13H,4H2,1-3H3. The number of halogens is 1. The molecule has 34 heavy (non-hydrogen) atoms. The Hall–Kier alpha value is -3.38. The first-order valence-electron chi connectivity index (χ1n) is 11.1. The van der Waals surface area contributed by atoms with Crippen molar-refractivity contribution >= 4 is 44.7 Å². The van der Waals surface area contributed by atoms with Gasteiger partial charge in [0.1, 0.15) is 0 Å². The number of hydrogen-bond acceptors (Lipinski definition) is 4. The van der Waals surface area contributed by atoms with Crippen LogP contribution in [0.4, 0.5) is 11.4 Å². The van der Waals surface area contributed by atoms with Gasteiger partial charge in [0.2, 0.25) is 0 Å². The molecule has 176 valence electrons. The van der Waals surface area contributed by atoms with E-state index in [4.69, 9.17) is 0 Å². The maximum atomic E-state index is 11.9. The number of rotatable bonds is 5. The highest BCUT2D eigenvalue weighted by Crippen LogP contribution is 2.31. The third-order valence-electron chi connectivity index (χ3n) is 5.74. The molecule has 1 aliphatic heterocycles. The van der Waals surface area contributed by atoms with E-state index in [2.05, 4.69) is 69.1 Å². The predicted molar refractivity (Wildman–Crippen MR) is 145 cm³/mol. The molecule has 2 amide bonds. The fourth-order valence-electron chi connectivity index (χ4n) is 3.75. The molecular formula is C28H30BrN3O2. The average Bonchev–Trinajstić information content (AvgIpc) is 3.06. The number of anilines is 2. The van der Waals surface area contributed by atoms with Crippen molar-refractivity contribution in [2.24, 2.45) is 0 Å². The van der Waals surface area contributed by atoms with E-state index in [-0.39, 0.29) is 11.8 Å². The second-order valence-corrected chi connectivity index (χ2v) is 9.22. The van der Waals surface area contributed by atoms with Crippen LogP contribution in [0.15, 0.2) is 71.7 Å². The van der Waals surface area contributed by atoms with Crippen LogP contribution in [0.3, 0.4) is 0 Å². The zero-order chi connectivity index (χ0) is 25.0. The number of benzene rings is 3. The third-order valence-corrected chi connectivity index (χ3v) is 6.27. The van der Waals surface area contributed by atoms with Gasteiger partial charge in [-0.3, -0.25) is 14.5 Å². The van der Waals surface area contributed by atoms with Gasteiger partial charge in [0.05, 0.1) is 11.1 Å². The van der Waals surface area contributed by atoms with Crippen molar-refractivity contribution in [3.05, 3.63) is 99.5 Å². The summed E-state index contributed by atoms with van der Waals surface area (Å²) in [5, 5.41) is 3.11. The van der Waals surface area contributed by atoms with Crippen molar-refractivity contribution in [3.8, 4) is 0 Å². The topological polar surface area (TPSA) is 52.7 Å². The zero-order valence-electron chi connectivity index (χ0n) is 20.3. The lowest BCUT2D eigenvalue weighted by molar-refractivity contribution is 0.0693. The number of nitrogens with zero attached hydrogens (tertiary/aromatic N) is 2. The van der Waals surface area contributed by atoms with E-state index in [1.165, 1.54) is 17.6 Å². The monoisotopic (exact) mass is 519 g/mol. The summed E-state index contributed by atoms with van der Waals surface area (Å²) in [5.74, 6) is -0.433. The predicted octanol–water partition coefficient (Wildman–Crippen LogP) is 6.23. The minimum absolute atomic E-state index is 0.211. The van der Waals surface area contributed by atoms with E-state index in [1.54, 1.807) is 0 Å². The lowest BCUT2D eigenvalue weighted by Gasteiger charge is -2.13. The molecule has 3 aromatic carbocycles. The number of carbonyl (C=O) groups excluding carboxylic acids is 2. The molecule has 0 aromatic heterocycles. The first-order valence-corrected chi connectivity index (χ1v) is 11.9. The van der Waals surface area contributed by atoms with Crippen LogP contribution < -0.4 is 10.2 Å². The molecule has 0 bridgehead atoms. The van der Waals surface area contributed by atoms with Crippen LogP contribution in [0.25, 0.3) is 5.57 Å². The first kappa shape index (κ1) is 25.2. The first-order chi connectivity index (χ1) is 16.1. The molecule has 4 rings (SSSR count). The summed E-state index contributed by atoms with van der Waals surface area (Å²) in [5.41, 5.74) is 7.18. The van der Waals surface area contributed by atoms with Gasteiger partial charge in [0.25, 0.3) is 11.8 Å². The highest BCUT2D eigenvalue weighted by atomic mass is 79.9. The quantitative estimate of drug-likeness (QED) is 0.406. The second-order valence-electron chi connectivity index (χ2n) is 8.31. The lowest BCUT2D eigenvalue weighted by atomic mass is 9.99. The Morgan fingerprint density at radius 1 is 0.912 bits per heavy atom. The second kappa shape index (κ2) is 10.7. The van der Waals surface area contributed by atoms with E-state index >= 15 is 0 Å². The molecule has 0 fully saturated rings. The number of imide groups is 1. The van der Waals surface area contributed by atoms with Gasteiger partial charge in [0, 0.05) is 43.5 Å². The van der Waals surface area contributed by atoms with Crippen molar-refractivity contribution in [1.82, 2.24) is 4.90 Å². The normalized spacial score (nSPS) is 12.1. The van der Waals surface area contributed by atoms with Crippen LogP contribution in [0.1, 0.15) is 44.3 Å². The van der Waals surface area contributed by atoms with E-state index in [0.717, 1.165) is 39.0 Å². The van der Waals surface area contributed by atoms with E-state index < -0.39 is 0 Å². The highest BCUT2D eigenvalue weighted by molar-refractivity contribution is 9.10. The van der Waals surface area contributed by atoms with E-state index in [0.29, 0.717) is 11.1 Å². The Morgan fingerprint density at radius 2 is 1.44 bits per heavy atom. The van der Waals surface area contributed by atoms with Crippen LogP contribution in [0.5, 0.6) is 0 Å². The number of fused-ring (bicyclic) bond motifs is 1. The van der Waals surface area contributed by atoms with Gasteiger partial charge in [-0.1, -0.05) is 52.8 Å². The number of aryl methyl sites for hydroxylation is 1. The highest BCUT2D eigenvalue weighted by Gasteiger charge is 2.36. The number of hydrogen-bond donors (Lipinski definition) is 1. The molecule has 0 saturated heterocycles. The van der Waals surface area contributed by atoms with Crippen LogP contribution in [0, 0.1) is 6.92 Å². The third kappa shape index (κ3) is 5.23. The molecule has 1 aliphatic rings. The fraction of sp³-hybridized carbons (Fsp3) is 0.214. The van der Waals surface area contributed by atoms with Crippen molar-refractivity contribution in [2.45, 2.75) is 13.8 Å². The van der Waals surface area contributed by atoms with Gasteiger partial charge >= 0.3 is 0 Å². The fourth-order valence-corrected chi connectivity index (χ4v) is 4.01. The minimum Gasteiger partial charge on any atom is -0.385 e. The Bertz CT molecular complexity index is 1220. The summed E-state index contributed by atoms with van der Waals surface area (Å²) in [7, 11) is 5.59. The summed E-state index contributed by atoms with van der Waals surface area (Å²) in [6, 6.07) is 20.4. The van der Waals surface area contributed by atoms with E-state index in [9.17, 15) is 9.59 Å². The summed E-state index contributed by atoms with van der Waals surface area (Å²) in [6.07, 6.45) is 0. The maximum Gasteiger partial charge on any atom is 0.263 e. The summed E-state index contributed by atoms with van der Waals surface area (Å²) in [6.45, 7) is 8.70. The lowest BCUT2D eigenvalue weighted by Crippen LogP contribution is -2.24. The molecular weight excluding hydrogens is 490 g/mol. The van der Waals surface area contributed by atoms with Gasteiger partial charge in [-0.2, -0.15) is 0 Å². The zero-order valence-corrected chi connectivity index (χ0v) is 21.9. The van der Waals surface area contributed by atoms with E-state index in [1.807, 2.05) is 52.2 Å². The maximum absolute atomic E-state index is 11.9. The van der Waals surface area contributed by atoms with Crippen LogP contribution in [0.2, 0.25) is 0 Å². The number of amides is 2. The molecule has 6 heteroatoms. The average molecular weight is 520 g/mol. The summed E-state index contributed by atoms with van der Waals surface area (Å²) in [4.78, 5) is 27.0. The van der Waals surface area contributed by atoms with Crippen molar-refractivity contribution in [3.63, 3.8) is 0 Å². The van der Waals surface area contributed by atoms with Gasteiger partial charge in [0.15, 0.2) is 0 Å². The Morgan fingerprint density at radius 3 is 1.97 bits per heavy atom. The summed E-state index contributed by atoms with van der Waals surface area (Å²) < 4.78 is 1.09. The molecule has 1 heterocycles. The molecule has 1 N–H and O–H groups in total. The Labute approximate surface area is 210 Å². The molecule has 0 aliphatic carbocycles. The minimum atomic E-state index is -0.223. The van der Waals surface area contributed by atoms with Gasteiger partial charge in [-0.25, -0.2) is 0 Å². The number of nitrogens with one attached hydrogen (secondary N) is 1. The molecule has 0 radical (unpaired) electrons. The van der Waals surface area contributed by atoms with Crippen molar-refractivity contribution in [1.29, 1.82) is 0 Å². The molecule has 0 atom stereocenters. The van der Waals surface area contributed by atoms with Crippen molar-refractivity contribution in [2.75, 3.05) is 37.9 Å². The molecule has 0 saturated carbocycles. The molecule has 3 aromatic rings. The van der Waals surface area contributed by atoms with Crippen LogP contribution >= 0.6 is 15.9 Å². The molecule has 5 nitrogen and oxygen atoms in total. The van der Waals surface area contributed by atoms with Gasteiger partial charge in [-0.05, 0) is 66.4 Å². The summed E-state index contributed by atoms with van der Waals surface area (Å²) >= 11 is 3.44. The number of carbonyl (C=O) groups is 2. The Kier molecular flexibility index (Phi) is 7.94. The molecule has 0 spiro atoms. The van der Waals surface area contributed by atoms with Crippen LogP contribution in [-0.4, -0.2) is 44.4 Å². The van der Waals surface area contributed by atoms with Gasteiger partial charge in [-0.15, -0.1) is 0 Å². The van der Waals surface area contributed by atoms with Crippen molar-refractivity contribution < 1.29 is 9.59 Å². The van der Waals surface area contributed by atoms with Crippen LogP contribution in [-0.2, 0) is 0 Å². The largest absolute Gasteiger partial charge is 0.385 e. The Balaban J connectivity index is 0.000000192. The smallest absolute Gasteiger partial charge is 0.263 e.